The molecule has 3 aliphatic carbocycles. The maximum absolute atomic E-state index is 13.7. The van der Waals surface area contributed by atoms with Crippen LogP contribution in [0, 0.1) is 35.0 Å². The average molecular weight is 662 g/mol. The molecule has 45 heavy (non-hydrogen) atoms. The first kappa shape index (κ1) is 32.2. The molecule has 0 aliphatic heterocycles. The Morgan fingerprint density at radius 3 is 2.69 bits per heavy atom. The first-order valence-electron chi connectivity index (χ1n) is 15.6. The summed E-state index contributed by atoms with van der Waals surface area (Å²) in [4.78, 5) is 0. The van der Waals surface area contributed by atoms with Crippen molar-refractivity contribution in [3.63, 3.8) is 0 Å². The van der Waals surface area contributed by atoms with Crippen molar-refractivity contribution >= 4 is 41.1 Å². The molecule has 0 saturated heterocycles. The Balaban J connectivity index is 1.22. The summed E-state index contributed by atoms with van der Waals surface area (Å²) in [5.74, 6) is 8.36. The Hall–Kier alpha value is -2.76. The number of anilines is 2. The molecule has 242 valence electrons. The molecule has 2 bridgehead atoms. The third-order valence-corrected chi connectivity index (χ3v) is 12.5. The first-order valence-corrected chi connectivity index (χ1v) is 19.0. The van der Waals surface area contributed by atoms with E-state index in [-0.39, 0.29) is 41.5 Å². The van der Waals surface area contributed by atoms with Crippen molar-refractivity contribution in [3.05, 3.63) is 48.2 Å². The lowest BCUT2D eigenvalue weighted by Gasteiger charge is -2.52. The van der Waals surface area contributed by atoms with Crippen LogP contribution in [-0.4, -0.2) is 49.6 Å². The summed E-state index contributed by atoms with van der Waals surface area (Å²) in [6.07, 6.45) is 8.87. The smallest absolute Gasteiger partial charge is 0.447 e. The lowest BCUT2D eigenvalue weighted by molar-refractivity contribution is -0.0330. The summed E-state index contributed by atoms with van der Waals surface area (Å²) in [7, 11) is -0.941. The van der Waals surface area contributed by atoms with Crippen molar-refractivity contribution < 1.29 is 26.9 Å². The van der Waals surface area contributed by atoms with Crippen LogP contribution in [0.5, 0.6) is 5.75 Å². The summed E-state index contributed by atoms with van der Waals surface area (Å²) < 4.78 is 74.0. The summed E-state index contributed by atoms with van der Waals surface area (Å²) in [5.41, 5.74) is -1.85. The molecule has 6 rings (SSSR count). The minimum atomic E-state index is -4.48. The Morgan fingerprint density at radius 1 is 1.13 bits per heavy atom. The second-order valence-electron chi connectivity index (χ2n) is 13.3. The first-order chi connectivity index (χ1) is 21.4. The van der Waals surface area contributed by atoms with Crippen LogP contribution in [0.3, 0.4) is 0 Å². The number of nitrogens with one attached hydrogen (secondary N) is 2. The zero-order valence-electron chi connectivity index (χ0n) is 25.8. The van der Waals surface area contributed by atoms with E-state index in [1.54, 1.807) is 54.3 Å². The molecule has 5 nitrogen and oxygen atoms in total. The van der Waals surface area contributed by atoms with Crippen LogP contribution in [0.15, 0.2) is 47.6 Å². The highest BCUT2D eigenvalue weighted by Gasteiger charge is 2.58. The van der Waals surface area contributed by atoms with Crippen LogP contribution < -0.4 is 20.7 Å². The van der Waals surface area contributed by atoms with Crippen molar-refractivity contribution in [2.24, 2.45) is 23.2 Å². The van der Waals surface area contributed by atoms with Crippen LogP contribution in [0.2, 0.25) is 0 Å². The van der Waals surface area contributed by atoms with Crippen molar-refractivity contribution in [2.75, 3.05) is 44.3 Å². The van der Waals surface area contributed by atoms with Gasteiger partial charge in [0.05, 0.1) is 42.8 Å². The number of hydrogen-bond donors (Lipinski definition) is 2. The van der Waals surface area contributed by atoms with Crippen LogP contribution in [-0.2, 0) is 4.57 Å². The molecule has 0 radical (unpaired) electrons. The summed E-state index contributed by atoms with van der Waals surface area (Å²) in [5, 5.41) is 7.59. The molecule has 5 atom stereocenters. The third kappa shape index (κ3) is 6.72. The molecular formula is C34H40F4N3O2PS. The zero-order chi connectivity index (χ0) is 32.0. The SMILES string of the molecule is COc1cc(P(C)(C)=O)ccc1NCC#Cc1cc2c(N[C@@H]3CC[C@@H]4CC5(CCF)C[C@H](CC45)C3)cccn2c1SC(F)(F)F. The number of methoxy groups -OCH3 is 1. The summed E-state index contributed by atoms with van der Waals surface area (Å²) in [6.45, 7) is 3.31. The van der Waals surface area contributed by atoms with Crippen molar-refractivity contribution in [1.29, 1.82) is 0 Å². The van der Waals surface area contributed by atoms with Gasteiger partial charge in [0.2, 0.25) is 0 Å². The number of halogens is 4. The van der Waals surface area contributed by atoms with Gasteiger partial charge in [-0.2, -0.15) is 13.2 Å². The van der Waals surface area contributed by atoms with Gasteiger partial charge in [0.15, 0.2) is 0 Å². The predicted octanol–water partition coefficient (Wildman–Crippen LogP) is 8.63. The molecule has 3 fully saturated rings. The number of fused-ring (bicyclic) bond motifs is 2. The summed E-state index contributed by atoms with van der Waals surface area (Å²) in [6, 6.07) is 10.9. The fraction of sp³-hybridized carbons (Fsp3) is 0.529. The minimum absolute atomic E-state index is 0.0301. The van der Waals surface area contributed by atoms with Crippen molar-refractivity contribution in [2.45, 2.75) is 61.5 Å². The maximum atomic E-state index is 13.7. The van der Waals surface area contributed by atoms with Gasteiger partial charge in [-0.1, -0.05) is 11.8 Å². The quantitative estimate of drug-likeness (QED) is 0.104. The molecule has 3 aliphatic rings. The van der Waals surface area contributed by atoms with E-state index in [1.807, 2.05) is 6.07 Å². The van der Waals surface area contributed by atoms with Gasteiger partial charge < -0.3 is 24.3 Å². The van der Waals surface area contributed by atoms with Crippen LogP contribution in [0.4, 0.5) is 28.9 Å². The number of hydrogen-bond acceptors (Lipinski definition) is 5. The van der Waals surface area contributed by atoms with E-state index in [0.29, 0.717) is 52.0 Å². The molecule has 3 saturated carbocycles. The van der Waals surface area contributed by atoms with E-state index < -0.39 is 12.7 Å². The van der Waals surface area contributed by atoms with E-state index in [2.05, 4.69) is 22.5 Å². The van der Waals surface area contributed by atoms with Gasteiger partial charge in [0.25, 0.3) is 0 Å². The number of aromatic nitrogens is 1. The van der Waals surface area contributed by atoms with E-state index in [0.717, 1.165) is 37.8 Å². The number of benzene rings is 1. The average Bonchev–Trinajstić information content (AvgIpc) is 3.47. The molecule has 11 heteroatoms. The second kappa shape index (κ2) is 12.4. The van der Waals surface area contributed by atoms with Gasteiger partial charge in [-0.05, 0) is 118 Å². The Kier molecular flexibility index (Phi) is 8.91. The Bertz CT molecular complexity index is 1680. The fourth-order valence-electron chi connectivity index (χ4n) is 8.24. The second-order valence-corrected chi connectivity index (χ2v) is 17.6. The molecule has 0 spiro atoms. The maximum Gasteiger partial charge on any atom is 0.447 e. The van der Waals surface area contributed by atoms with Crippen LogP contribution >= 0.6 is 18.9 Å². The van der Waals surface area contributed by atoms with Crippen LogP contribution in [0.25, 0.3) is 5.52 Å². The number of pyridine rings is 1. The van der Waals surface area contributed by atoms with Gasteiger partial charge in [-0.3, -0.25) is 4.39 Å². The largest absolute Gasteiger partial charge is 0.495 e. The zero-order valence-corrected chi connectivity index (χ0v) is 27.6. The number of rotatable bonds is 9. The molecule has 0 amide bonds. The lowest BCUT2D eigenvalue weighted by Crippen LogP contribution is -2.44. The molecule has 3 aromatic rings. The predicted molar refractivity (Wildman–Crippen MR) is 175 cm³/mol. The topological polar surface area (TPSA) is 54.8 Å². The van der Waals surface area contributed by atoms with Gasteiger partial charge in [-0.15, -0.1) is 0 Å². The van der Waals surface area contributed by atoms with E-state index in [4.69, 9.17) is 4.74 Å². The molecule has 2 aromatic heterocycles. The minimum Gasteiger partial charge on any atom is -0.495 e. The van der Waals surface area contributed by atoms with Crippen molar-refractivity contribution in [1.82, 2.24) is 4.40 Å². The highest BCUT2D eigenvalue weighted by molar-refractivity contribution is 8.00. The van der Waals surface area contributed by atoms with Gasteiger partial charge >= 0.3 is 5.51 Å². The number of ether oxygens (including phenoxy) is 1. The van der Waals surface area contributed by atoms with Gasteiger partial charge in [-0.25, -0.2) is 0 Å². The number of nitrogens with zero attached hydrogens (tertiary/aromatic N) is 1. The molecular weight excluding hydrogens is 621 g/mol. The molecule has 2 N–H and O–H groups in total. The third-order valence-electron chi connectivity index (χ3n) is 10.1. The fourth-order valence-corrected chi connectivity index (χ4v) is 9.79. The van der Waals surface area contributed by atoms with Crippen molar-refractivity contribution in [3.8, 4) is 17.6 Å². The molecule has 2 unspecified atom stereocenters. The van der Waals surface area contributed by atoms with E-state index in [1.165, 1.54) is 13.5 Å². The normalized spacial score (nSPS) is 25.9. The molecule has 1 aromatic carbocycles. The number of thioether (sulfide) groups is 1. The van der Waals surface area contributed by atoms with Crippen LogP contribution in [0.1, 0.15) is 50.5 Å². The monoisotopic (exact) mass is 661 g/mol. The summed E-state index contributed by atoms with van der Waals surface area (Å²) >= 11 is -0.157. The Labute approximate surface area is 266 Å². The standard InChI is InChI=1S/C34H40F4N3O2PS/c1-43-31-19-26(44(2,3)42)10-11-29(31)39-14-4-6-23-18-30-28(7-5-15-41(30)32(23)45-34(36,37)38)40-25-9-8-24-21-33(12-13-35)20-22(16-25)17-27(24)33/h5,7,10-11,15,18-19,22,24-25,27,39-40H,8-9,12-14,16-17,20-21H2,1-3H3/t22-,24+,25+,27?,33?/m0/s1. The van der Waals surface area contributed by atoms with Gasteiger partial charge in [0, 0.05) is 29.3 Å². The lowest BCUT2D eigenvalue weighted by atomic mass is 9.53. The highest BCUT2D eigenvalue weighted by Crippen LogP contribution is 2.67. The van der Waals surface area contributed by atoms with E-state index >= 15 is 0 Å². The highest BCUT2D eigenvalue weighted by atomic mass is 32.2. The van der Waals surface area contributed by atoms with E-state index in [9.17, 15) is 22.1 Å². The number of alkyl halides is 4. The Morgan fingerprint density at radius 2 is 1.96 bits per heavy atom. The molecule has 2 heterocycles. The van der Waals surface area contributed by atoms with Gasteiger partial charge in [0.1, 0.15) is 17.9 Å².